The van der Waals surface area contributed by atoms with Crippen LogP contribution in [0.4, 0.5) is 29.3 Å². The number of rotatable bonds is 2. The van der Waals surface area contributed by atoms with Crippen molar-refractivity contribution >= 4 is 34.7 Å². The van der Waals surface area contributed by atoms with Crippen LogP contribution in [0, 0.1) is 6.92 Å². The monoisotopic (exact) mass is 477 g/mol. The molecule has 170 valence electrons. The number of hydrogen-bond donors (Lipinski definition) is 1. The van der Waals surface area contributed by atoms with Gasteiger partial charge >= 0.3 is 12.2 Å². The molecule has 5 rings (SSSR count). The summed E-state index contributed by atoms with van der Waals surface area (Å²) in [6.07, 6.45) is 0.805. The Morgan fingerprint density at radius 2 is 1.91 bits per heavy atom. The molecule has 0 spiro atoms. The number of alkyl halides is 3. The standard InChI is InChI=1S/C19H15ClF3N9O/c1-10-5-14-24-8-13-15(31(14)29-10)18(2,19(21,22)23)9-30(13)17(33)28-11-6-12(20)16(25-7-11)32-26-3-4-27-32/h3-8H,9H2,1-2H3,(H,28,33)/t18-/m0/s1. The molecule has 2 amide bonds. The molecule has 1 aliphatic rings. The van der Waals surface area contributed by atoms with E-state index in [-0.39, 0.29) is 33.6 Å². The molecule has 1 aliphatic heterocycles. The normalized spacial score (nSPS) is 18.1. The molecule has 4 aromatic heterocycles. The molecule has 0 aromatic carbocycles. The van der Waals surface area contributed by atoms with Crippen LogP contribution < -0.4 is 10.2 Å². The number of aromatic nitrogens is 7. The van der Waals surface area contributed by atoms with Crippen LogP contribution in [0.15, 0.2) is 36.9 Å². The van der Waals surface area contributed by atoms with E-state index in [1.54, 1.807) is 13.0 Å². The van der Waals surface area contributed by atoms with E-state index in [1.165, 1.54) is 35.7 Å². The van der Waals surface area contributed by atoms with E-state index in [1.807, 2.05) is 0 Å². The van der Waals surface area contributed by atoms with Gasteiger partial charge in [-0.15, -0.1) is 4.80 Å². The van der Waals surface area contributed by atoms with E-state index in [0.717, 1.165) is 16.3 Å². The van der Waals surface area contributed by atoms with E-state index in [9.17, 15) is 18.0 Å². The van der Waals surface area contributed by atoms with Gasteiger partial charge in [0.25, 0.3) is 0 Å². The number of carbonyl (C=O) groups is 1. The van der Waals surface area contributed by atoms with E-state index in [2.05, 4.69) is 30.6 Å². The number of amides is 2. The van der Waals surface area contributed by atoms with E-state index in [4.69, 9.17) is 11.6 Å². The van der Waals surface area contributed by atoms with E-state index >= 15 is 0 Å². The van der Waals surface area contributed by atoms with Gasteiger partial charge in [-0.25, -0.2) is 19.3 Å². The number of aryl methyl sites for hydroxylation is 1. The Balaban J connectivity index is 1.51. The Morgan fingerprint density at radius 3 is 2.58 bits per heavy atom. The van der Waals surface area contributed by atoms with Crippen molar-refractivity contribution in [3.63, 3.8) is 0 Å². The molecule has 0 fully saturated rings. The SMILES string of the molecule is Cc1cc2ncc3c(n2n1)[C@@](C)(C(F)(F)F)CN3C(=O)Nc1cnc(-n2nccn2)c(Cl)c1. The minimum atomic E-state index is -4.64. The Labute approximate surface area is 189 Å². The fourth-order valence-corrected chi connectivity index (χ4v) is 4.04. The number of carbonyl (C=O) groups excluding carboxylic acids is 1. The lowest BCUT2D eigenvalue weighted by molar-refractivity contribution is -0.181. The molecule has 0 aliphatic carbocycles. The Morgan fingerprint density at radius 1 is 1.18 bits per heavy atom. The lowest BCUT2D eigenvalue weighted by Crippen LogP contribution is -2.46. The van der Waals surface area contributed by atoms with Crippen molar-refractivity contribution < 1.29 is 18.0 Å². The zero-order valence-electron chi connectivity index (χ0n) is 17.2. The van der Waals surface area contributed by atoms with Gasteiger partial charge < -0.3 is 5.32 Å². The van der Waals surface area contributed by atoms with Crippen LogP contribution in [0.3, 0.4) is 0 Å². The van der Waals surface area contributed by atoms with Crippen LogP contribution in [0.5, 0.6) is 0 Å². The minimum absolute atomic E-state index is 0.0133. The fourth-order valence-electron chi connectivity index (χ4n) is 3.80. The predicted molar refractivity (Wildman–Crippen MR) is 112 cm³/mol. The maximum Gasteiger partial charge on any atom is 0.401 e. The van der Waals surface area contributed by atoms with Gasteiger partial charge in [0.2, 0.25) is 0 Å². The lowest BCUT2D eigenvalue weighted by atomic mass is 9.88. The number of pyridine rings is 1. The van der Waals surface area contributed by atoms with Crippen LogP contribution in [-0.2, 0) is 5.41 Å². The second-order valence-corrected chi connectivity index (χ2v) is 8.15. The first-order chi connectivity index (χ1) is 15.6. The predicted octanol–water partition coefficient (Wildman–Crippen LogP) is 3.54. The third-order valence-electron chi connectivity index (χ3n) is 5.43. The van der Waals surface area contributed by atoms with Gasteiger partial charge in [0.1, 0.15) is 5.41 Å². The first-order valence-electron chi connectivity index (χ1n) is 9.62. The van der Waals surface area contributed by atoms with Gasteiger partial charge in [-0.3, -0.25) is 4.90 Å². The molecule has 0 bridgehead atoms. The molecule has 33 heavy (non-hydrogen) atoms. The number of hydrogen-bond acceptors (Lipinski definition) is 6. The highest BCUT2D eigenvalue weighted by atomic mass is 35.5. The van der Waals surface area contributed by atoms with Crippen LogP contribution >= 0.6 is 11.6 Å². The van der Waals surface area contributed by atoms with Gasteiger partial charge in [0, 0.05) is 12.6 Å². The van der Waals surface area contributed by atoms with Crippen molar-refractivity contribution in [2.45, 2.75) is 25.4 Å². The molecular formula is C19H15ClF3N9O. The minimum Gasteiger partial charge on any atom is -0.306 e. The first-order valence-corrected chi connectivity index (χ1v) is 9.99. The quantitative estimate of drug-likeness (QED) is 0.473. The summed E-state index contributed by atoms with van der Waals surface area (Å²) in [5.74, 6) is 0.233. The summed E-state index contributed by atoms with van der Waals surface area (Å²) in [4.78, 5) is 23.5. The Bertz CT molecular complexity index is 1390. The number of nitrogens with one attached hydrogen (secondary N) is 1. The number of halogens is 4. The Kier molecular flexibility index (Phi) is 4.57. The number of fused-ring (bicyclic) bond motifs is 3. The molecule has 4 aromatic rings. The topological polar surface area (TPSA) is 106 Å². The van der Waals surface area contributed by atoms with Gasteiger partial charge in [0.05, 0.1) is 52.6 Å². The third kappa shape index (κ3) is 3.26. The summed E-state index contributed by atoms with van der Waals surface area (Å²) in [6.45, 7) is 2.05. The molecule has 0 saturated heterocycles. The molecule has 0 saturated carbocycles. The second-order valence-electron chi connectivity index (χ2n) is 7.74. The highest BCUT2D eigenvalue weighted by molar-refractivity contribution is 6.32. The van der Waals surface area contributed by atoms with Crippen LogP contribution in [-0.4, -0.2) is 53.3 Å². The average molecular weight is 478 g/mol. The summed E-state index contributed by atoms with van der Waals surface area (Å²) < 4.78 is 43.7. The molecule has 1 atom stereocenters. The molecule has 1 N–H and O–H groups in total. The summed E-state index contributed by atoms with van der Waals surface area (Å²) >= 11 is 6.22. The van der Waals surface area contributed by atoms with Crippen molar-refractivity contribution in [1.29, 1.82) is 0 Å². The van der Waals surface area contributed by atoms with Crippen molar-refractivity contribution in [1.82, 2.24) is 34.6 Å². The lowest BCUT2D eigenvalue weighted by Gasteiger charge is -2.28. The van der Waals surface area contributed by atoms with Crippen LogP contribution in [0.2, 0.25) is 5.02 Å². The average Bonchev–Trinajstić information content (AvgIpc) is 3.45. The van der Waals surface area contributed by atoms with Gasteiger partial charge in [0.15, 0.2) is 11.5 Å². The molecule has 0 unspecified atom stereocenters. The first kappa shape index (κ1) is 21.1. The summed E-state index contributed by atoms with van der Waals surface area (Å²) in [6, 6.07) is 2.18. The fraction of sp³-hybridized carbons (Fsp3) is 0.263. The Hall–Kier alpha value is -3.74. The maximum atomic E-state index is 14.2. The number of nitrogens with zero attached hydrogens (tertiary/aromatic N) is 8. The number of urea groups is 1. The highest BCUT2D eigenvalue weighted by Gasteiger charge is 2.60. The molecule has 0 radical (unpaired) electrons. The summed E-state index contributed by atoms with van der Waals surface area (Å²) in [5.41, 5.74) is -1.53. The van der Waals surface area contributed by atoms with Crippen molar-refractivity contribution in [3.05, 3.63) is 53.3 Å². The maximum absolute atomic E-state index is 14.2. The van der Waals surface area contributed by atoms with Gasteiger partial charge in [-0.2, -0.15) is 28.5 Å². The van der Waals surface area contributed by atoms with Gasteiger partial charge in [-0.1, -0.05) is 11.6 Å². The second kappa shape index (κ2) is 7.13. The highest BCUT2D eigenvalue weighted by Crippen LogP contribution is 2.49. The van der Waals surface area contributed by atoms with Crippen molar-refractivity contribution in [2.24, 2.45) is 0 Å². The number of anilines is 2. The zero-order valence-corrected chi connectivity index (χ0v) is 17.9. The van der Waals surface area contributed by atoms with Crippen molar-refractivity contribution in [3.8, 4) is 5.82 Å². The molecule has 10 nitrogen and oxygen atoms in total. The molecule has 14 heteroatoms. The smallest absolute Gasteiger partial charge is 0.306 e. The van der Waals surface area contributed by atoms with Gasteiger partial charge in [-0.05, 0) is 19.9 Å². The molecular weight excluding hydrogens is 463 g/mol. The third-order valence-corrected chi connectivity index (χ3v) is 5.70. The van der Waals surface area contributed by atoms with E-state index < -0.39 is 24.2 Å². The van der Waals surface area contributed by atoms with E-state index in [0.29, 0.717) is 5.69 Å². The van der Waals surface area contributed by atoms with Crippen molar-refractivity contribution in [2.75, 3.05) is 16.8 Å². The molecule has 5 heterocycles. The summed E-state index contributed by atoms with van der Waals surface area (Å²) in [7, 11) is 0. The van der Waals surface area contributed by atoms with Crippen LogP contribution in [0.25, 0.3) is 11.5 Å². The summed E-state index contributed by atoms with van der Waals surface area (Å²) in [5, 5.41) is 14.7. The zero-order chi connectivity index (χ0) is 23.5. The largest absolute Gasteiger partial charge is 0.401 e. The van der Waals surface area contributed by atoms with Crippen LogP contribution in [0.1, 0.15) is 18.3 Å².